The predicted molar refractivity (Wildman–Crippen MR) is 54.3 cm³/mol. The van der Waals surface area contributed by atoms with Crippen LogP contribution in [0.5, 0.6) is 5.75 Å². The zero-order valence-electron chi connectivity index (χ0n) is 7.95. The van der Waals surface area contributed by atoms with Gasteiger partial charge in [0, 0.05) is 11.1 Å². The molecule has 1 rings (SSSR count). The van der Waals surface area contributed by atoms with Crippen molar-refractivity contribution in [1.82, 2.24) is 0 Å². The molecule has 3 nitrogen and oxygen atoms in total. The molecule has 0 saturated heterocycles. The average molecular weight is 192 g/mol. The molecule has 0 aromatic heterocycles. The molecule has 1 aromatic rings. The molecule has 0 aliphatic heterocycles. The summed E-state index contributed by atoms with van der Waals surface area (Å²) in [4.78, 5) is 10.5. The van der Waals surface area contributed by atoms with Gasteiger partial charge >= 0.3 is 5.97 Å². The summed E-state index contributed by atoms with van der Waals surface area (Å²) in [6, 6.07) is 3.48. The summed E-state index contributed by atoms with van der Waals surface area (Å²) >= 11 is 0. The van der Waals surface area contributed by atoms with Crippen LogP contribution in [0.1, 0.15) is 16.7 Å². The van der Waals surface area contributed by atoms with Crippen molar-refractivity contribution in [3.05, 3.63) is 35.4 Å². The Balaban J connectivity index is 3.24. The van der Waals surface area contributed by atoms with Crippen molar-refractivity contribution in [3.8, 4) is 5.75 Å². The molecule has 14 heavy (non-hydrogen) atoms. The largest absolute Gasteiger partial charge is 0.507 e. The Kier molecular flexibility index (Phi) is 2.92. The van der Waals surface area contributed by atoms with E-state index in [4.69, 9.17) is 5.11 Å². The van der Waals surface area contributed by atoms with E-state index >= 15 is 0 Å². The monoisotopic (exact) mass is 192 g/mol. The number of hydrogen-bond acceptors (Lipinski definition) is 2. The summed E-state index contributed by atoms with van der Waals surface area (Å²) in [5.41, 5.74) is 1.79. The highest BCUT2D eigenvalue weighted by atomic mass is 16.4. The molecule has 0 bridgehead atoms. The highest BCUT2D eigenvalue weighted by Crippen LogP contribution is 2.26. The van der Waals surface area contributed by atoms with Gasteiger partial charge in [0.1, 0.15) is 5.75 Å². The van der Waals surface area contributed by atoms with E-state index in [1.54, 1.807) is 19.1 Å². The van der Waals surface area contributed by atoms with E-state index in [-0.39, 0.29) is 12.2 Å². The van der Waals surface area contributed by atoms with Crippen molar-refractivity contribution in [3.63, 3.8) is 0 Å². The Labute approximate surface area is 82.3 Å². The third kappa shape index (κ3) is 1.93. The fraction of sp³-hybridized carbons (Fsp3) is 0.182. The maximum atomic E-state index is 10.5. The molecule has 0 heterocycles. The number of benzene rings is 1. The lowest BCUT2D eigenvalue weighted by atomic mass is 10.0. The molecule has 0 radical (unpaired) electrons. The molecule has 3 heteroatoms. The normalized spacial score (nSPS) is 9.79. The third-order valence-electron chi connectivity index (χ3n) is 2.10. The number of rotatable bonds is 3. The number of phenols is 1. The SMILES string of the molecule is C=Cc1ccc(C)c(CC(=O)O)c1O. The second-order valence-electron chi connectivity index (χ2n) is 3.07. The van der Waals surface area contributed by atoms with E-state index < -0.39 is 5.97 Å². The van der Waals surface area contributed by atoms with Crippen molar-refractivity contribution in [1.29, 1.82) is 0 Å². The zero-order chi connectivity index (χ0) is 10.7. The summed E-state index contributed by atoms with van der Waals surface area (Å²) in [6.45, 7) is 5.30. The quantitative estimate of drug-likeness (QED) is 0.769. The van der Waals surface area contributed by atoms with Gasteiger partial charge in [-0.3, -0.25) is 4.79 Å². The lowest BCUT2D eigenvalue weighted by Crippen LogP contribution is -2.02. The van der Waals surface area contributed by atoms with Crippen molar-refractivity contribution in [2.24, 2.45) is 0 Å². The highest BCUT2D eigenvalue weighted by Gasteiger charge is 2.11. The number of carbonyl (C=O) groups is 1. The highest BCUT2D eigenvalue weighted by molar-refractivity contribution is 5.73. The van der Waals surface area contributed by atoms with Crippen LogP contribution in [0.3, 0.4) is 0 Å². The molecular weight excluding hydrogens is 180 g/mol. The molecule has 0 fully saturated rings. The lowest BCUT2D eigenvalue weighted by molar-refractivity contribution is -0.136. The van der Waals surface area contributed by atoms with Gasteiger partial charge in [-0.05, 0) is 12.5 Å². The second-order valence-corrected chi connectivity index (χ2v) is 3.07. The molecule has 0 aliphatic rings. The maximum absolute atomic E-state index is 10.5. The molecule has 0 spiro atoms. The van der Waals surface area contributed by atoms with Crippen LogP contribution >= 0.6 is 0 Å². The Hall–Kier alpha value is -1.77. The third-order valence-corrected chi connectivity index (χ3v) is 2.10. The lowest BCUT2D eigenvalue weighted by Gasteiger charge is -2.08. The number of carboxylic acids is 1. The van der Waals surface area contributed by atoms with Crippen molar-refractivity contribution < 1.29 is 15.0 Å². The van der Waals surface area contributed by atoms with Gasteiger partial charge < -0.3 is 10.2 Å². The minimum atomic E-state index is -0.954. The van der Waals surface area contributed by atoms with Gasteiger partial charge in [-0.15, -0.1) is 0 Å². The van der Waals surface area contributed by atoms with E-state index in [0.29, 0.717) is 11.1 Å². The van der Waals surface area contributed by atoms with Crippen LogP contribution in [0, 0.1) is 6.92 Å². The van der Waals surface area contributed by atoms with Crippen LogP contribution < -0.4 is 0 Å². The summed E-state index contributed by atoms with van der Waals surface area (Å²) < 4.78 is 0. The van der Waals surface area contributed by atoms with E-state index in [1.165, 1.54) is 6.08 Å². The molecule has 0 atom stereocenters. The van der Waals surface area contributed by atoms with Gasteiger partial charge in [0.05, 0.1) is 6.42 Å². The van der Waals surface area contributed by atoms with Crippen molar-refractivity contribution in [2.45, 2.75) is 13.3 Å². The van der Waals surface area contributed by atoms with Gasteiger partial charge in [-0.1, -0.05) is 24.8 Å². The maximum Gasteiger partial charge on any atom is 0.307 e. The first-order chi connectivity index (χ1) is 6.56. The zero-order valence-corrected chi connectivity index (χ0v) is 7.95. The van der Waals surface area contributed by atoms with Crippen LogP contribution in [0.4, 0.5) is 0 Å². The van der Waals surface area contributed by atoms with Crippen molar-refractivity contribution in [2.75, 3.05) is 0 Å². The molecule has 0 aliphatic carbocycles. The molecule has 0 saturated carbocycles. The van der Waals surface area contributed by atoms with Gasteiger partial charge in [-0.2, -0.15) is 0 Å². The van der Waals surface area contributed by atoms with Crippen molar-refractivity contribution >= 4 is 12.0 Å². The molecule has 74 valence electrons. The molecule has 0 unspecified atom stereocenters. The number of carboxylic acid groups (broad SMARTS) is 1. The number of phenolic OH excluding ortho intramolecular Hbond substituents is 1. The Morgan fingerprint density at radius 2 is 2.21 bits per heavy atom. The van der Waals surface area contributed by atoms with E-state index in [9.17, 15) is 9.90 Å². The predicted octanol–water partition coefficient (Wildman–Crippen LogP) is 1.97. The second kappa shape index (κ2) is 3.96. The summed E-state index contributed by atoms with van der Waals surface area (Å²) in [7, 11) is 0. The molecule has 2 N–H and O–H groups in total. The minimum Gasteiger partial charge on any atom is -0.507 e. The Morgan fingerprint density at radius 3 is 2.71 bits per heavy atom. The summed E-state index contributed by atoms with van der Waals surface area (Å²) in [6.07, 6.45) is 1.33. The van der Waals surface area contributed by atoms with E-state index in [1.807, 2.05) is 0 Å². The standard InChI is InChI=1S/C11H12O3/c1-3-8-5-4-7(2)9(11(8)14)6-10(12)13/h3-5,14H,1,6H2,2H3,(H,12,13). The van der Waals surface area contributed by atoms with Crippen LogP contribution in [-0.2, 0) is 11.2 Å². The number of aliphatic carboxylic acids is 1. The van der Waals surface area contributed by atoms with Crippen LogP contribution in [0.2, 0.25) is 0 Å². The summed E-state index contributed by atoms with van der Waals surface area (Å²) in [5.74, 6) is -0.938. The van der Waals surface area contributed by atoms with Gasteiger partial charge in [-0.25, -0.2) is 0 Å². The molecule has 1 aromatic carbocycles. The van der Waals surface area contributed by atoms with Crippen LogP contribution in [-0.4, -0.2) is 16.2 Å². The first-order valence-corrected chi connectivity index (χ1v) is 4.22. The van der Waals surface area contributed by atoms with E-state index in [2.05, 4.69) is 6.58 Å². The molecular formula is C11H12O3. The fourth-order valence-corrected chi connectivity index (χ4v) is 1.29. The first kappa shape index (κ1) is 10.3. The number of aryl methyl sites for hydroxylation is 1. The average Bonchev–Trinajstić information content (AvgIpc) is 2.12. The minimum absolute atomic E-state index is 0.0161. The fourth-order valence-electron chi connectivity index (χ4n) is 1.29. The number of aromatic hydroxyl groups is 1. The topological polar surface area (TPSA) is 57.5 Å². The van der Waals surface area contributed by atoms with Gasteiger partial charge in [0.25, 0.3) is 0 Å². The van der Waals surface area contributed by atoms with Gasteiger partial charge in [0.2, 0.25) is 0 Å². The Morgan fingerprint density at radius 1 is 1.57 bits per heavy atom. The molecule has 0 amide bonds. The van der Waals surface area contributed by atoms with Crippen LogP contribution in [0.15, 0.2) is 18.7 Å². The summed E-state index contributed by atoms with van der Waals surface area (Å²) in [5, 5.41) is 18.3. The van der Waals surface area contributed by atoms with Crippen LogP contribution in [0.25, 0.3) is 6.08 Å². The Bertz CT molecular complexity index is 380. The van der Waals surface area contributed by atoms with E-state index in [0.717, 1.165) is 5.56 Å². The smallest absolute Gasteiger partial charge is 0.307 e. The van der Waals surface area contributed by atoms with Gasteiger partial charge in [0.15, 0.2) is 0 Å². The first-order valence-electron chi connectivity index (χ1n) is 4.22. The number of hydrogen-bond donors (Lipinski definition) is 2.